The molecule has 1 atom stereocenters. The van der Waals surface area contributed by atoms with Crippen LogP contribution in [0.4, 0.5) is 11.8 Å². The van der Waals surface area contributed by atoms with Gasteiger partial charge < -0.3 is 25.4 Å². The van der Waals surface area contributed by atoms with Crippen molar-refractivity contribution in [2.75, 3.05) is 51.0 Å². The molecule has 3 rings (SSSR count). The zero-order valence-corrected chi connectivity index (χ0v) is 13.3. The Hall–Kier alpha value is -1.60. The van der Waals surface area contributed by atoms with Crippen LogP contribution >= 0.6 is 0 Å². The van der Waals surface area contributed by atoms with E-state index in [0.717, 1.165) is 51.3 Å². The first-order chi connectivity index (χ1) is 10.5. The summed E-state index contributed by atoms with van der Waals surface area (Å²) in [5.41, 5.74) is 5.97. The first-order valence-electron chi connectivity index (χ1n) is 7.80. The zero-order chi connectivity index (χ0) is 15.7. The maximum atomic E-state index is 10.1. The van der Waals surface area contributed by atoms with Crippen LogP contribution in [0, 0.1) is 5.41 Å². The van der Waals surface area contributed by atoms with Crippen molar-refractivity contribution in [3.05, 3.63) is 6.07 Å². The number of β-amino-alcohol motifs (C(OH)–C–C–N with tert-alkyl or cyclic N) is 1. The number of likely N-dealkylation sites (N-methyl/N-ethyl adjacent to an activating group) is 1. The van der Waals surface area contributed by atoms with E-state index in [1.54, 1.807) is 7.11 Å². The van der Waals surface area contributed by atoms with E-state index in [0.29, 0.717) is 5.88 Å². The average Bonchev–Trinajstić information content (AvgIpc) is 2.46. The van der Waals surface area contributed by atoms with Crippen molar-refractivity contribution in [1.82, 2.24) is 14.9 Å². The van der Waals surface area contributed by atoms with Crippen molar-refractivity contribution >= 4 is 11.8 Å². The molecule has 2 aliphatic heterocycles. The number of piperidine rings is 2. The van der Waals surface area contributed by atoms with Crippen molar-refractivity contribution in [2.45, 2.75) is 25.4 Å². The number of likely N-dealkylation sites (tertiary alicyclic amines) is 1. The highest BCUT2D eigenvalue weighted by molar-refractivity contribution is 5.46. The molecule has 1 aromatic rings. The number of aliphatic hydroxyl groups excluding tert-OH is 1. The number of hydrogen-bond donors (Lipinski definition) is 2. The van der Waals surface area contributed by atoms with Gasteiger partial charge in [-0.15, -0.1) is 0 Å². The third-order valence-electron chi connectivity index (χ3n) is 4.86. The summed E-state index contributed by atoms with van der Waals surface area (Å²) >= 11 is 0. The topological polar surface area (TPSA) is 87.7 Å². The van der Waals surface area contributed by atoms with Crippen LogP contribution in [-0.2, 0) is 0 Å². The maximum absolute atomic E-state index is 10.1. The Labute approximate surface area is 131 Å². The number of anilines is 2. The van der Waals surface area contributed by atoms with Crippen molar-refractivity contribution in [1.29, 1.82) is 0 Å². The predicted molar refractivity (Wildman–Crippen MR) is 85.0 cm³/mol. The minimum atomic E-state index is -0.208. The number of nitrogen functional groups attached to an aromatic ring is 1. The van der Waals surface area contributed by atoms with Crippen LogP contribution in [0.3, 0.4) is 0 Å². The quantitative estimate of drug-likeness (QED) is 0.815. The molecule has 2 fully saturated rings. The highest BCUT2D eigenvalue weighted by Crippen LogP contribution is 2.40. The van der Waals surface area contributed by atoms with Gasteiger partial charge in [-0.1, -0.05) is 0 Å². The van der Waals surface area contributed by atoms with Gasteiger partial charge in [0.1, 0.15) is 5.82 Å². The molecule has 7 heteroatoms. The van der Waals surface area contributed by atoms with Gasteiger partial charge in [-0.25, -0.2) is 0 Å². The largest absolute Gasteiger partial charge is 0.481 e. The Morgan fingerprint density at radius 1 is 1.36 bits per heavy atom. The summed E-state index contributed by atoms with van der Waals surface area (Å²) in [5.74, 6) is 1.56. The lowest BCUT2D eigenvalue weighted by molar-refractivity contribution is -0.0112. The molecular formula is C15H25N5O2. The fourth-order valence-corrected chi connectivity index (χ4v) is 3.90. The van der Waals surface area contributed by atoms with Gasteiger partial charge in [0.15, 0.2) is 0 Å². The lowest BCUT2D eigenvalue weighted by Crippen LogP contribution is -2.52. The second-order valence-corrected chi connectivity index (χ2v) is 6.67. The Morgan fingerprint density at radius 2 is 2.09 bits per heavy atom. The third kappa shape index (κ3) is 3.10. The molecule has 2 aliphatic rings. The minimum Gasteiger partial charge on any atom is -0.481 e. The van der Waals surface area contributed by atoms with Crippen LogP contribution in [-0.4, -0.2) is 66.4 Å². The molecule has 22 heavy (non-hydrogen) atoms. The maximum Gasteiger partial charge on any atom is 0.225 e. The standard InChI is InChI=1S/C15H25N5O2/c1-19-9-11(21)8-15(10-19)3-5-20(6-4-15)12-7-13(22-2)18-14(16)17-12/h7,11,21H,3-6,8-10H2,1-2H3,(H2,16,17,18). The summed E-state index contributed by atoms with van der Waals surface area (Å²) in [5, 5.41) is 10.1. The second-order valence-electron chi connectivity index (χ2n) is 6.67. The first kappa shape index (κ1) is 15.3. The van der Waals surface area contributed by atoms with Crippen LogP contribution in [0.25, 0.3) is 0 Å². The van der Waals surface area contributed by atoms with Gasteiger partial charge in [0.05, 0.1) is 13.2 Å². The highest BCUT2D eigenvalue weighted by atomic mass is 16.5. The van der Waals surface area contributed by atoms with Crippen molar-refractivity contribution < 1.29 is 9.84 Å². The predicted octanol–water partition coefficient (Wildman–Crippen LogP) is 0.350. The molecule has 1 spiro atoms. The van der Waals surface area contributed by atoms with Crippen LogP contribution < -0.4 is 15.4 Å². The molecule has 0 amide bonds. The number of nitrogens with zero attached hydrogens (tertiary/aromatic N) is 4. The van der Waals surface area contributed by atoms with Crippen molar-refractivity contribution in [2.24, 2.45) is 5.41 Å². The van der Waals surface area contributed by atoms with E-state index in [4.69, 9.17) is 10.5 Å². The molecule has 0 radical (unpaired) electrons. The highest BCUT2D eigenvalue weighted by Gasteiger charge is 2.40. The average molecular weight is 307 g/mol. The fourth-order valence-electron chi connectivity index (χ4n) is 3.90. The minimum absolute atomic E-state index is 0.208. The number of aliphatic hydroxyl groups is 1. The van der Waals surface area contributed by atoms with E-state index in [-0.39, 0.29) is 17.5 Å². The number of ether oxygens (including phenoxy) is 1. The number of aromatic nitrogens is 2. The van der Waals surface area contributed by atoms with Crippen LogP contribution in [0.2, 0.25) is 0 Å². The Morgan fingerprint density at radius 3 is 2.73 bits per heavy atom. The first-order valence-corrected chi connectivity index (χ1v) is 7.80. The van der Waals surface area contributed by atoms with Gasteiger partial charge in [-0.05, 0) is 31.7 Å². The molecule has 0 saturated carbocycles. The fraction of sp³-hybridized carbons (Fsp3) is 0.733. The van der Waals surface area contributed by atoms with E-state index < -0.39 is 0 Å². The number of nitrogens with two attached hydrogens (primary N) is 1. The molecule has 122 valence electrons. The lowest BCUT2D eigenvalue weighted by Gasteiger charge is -2.48. The van der Waals surface area contributed by atoms with E-state index in [9.17, 15) is 5.11 Å². The summed E-state index contributed by atoms with van der Waals surface area (Å²) in [6, 6.07) is 1.83. The smallest absolute Gasteiger partial charge is 0.225 e. The Bertz CT molecular complexity index is 519. The molecular weight excluding hydrogens is 282 g/mol. The molecule has 1 unspecified atom stereocenters. The van der Waals surface area contributed by atoms with Crippen molar-refractivity contribution in [3.63, 3.8) is 0 Å². The van der Waals surface area contributed by atoms with Gasteiger partial charge in [0.25, 0.3) is 0 Å². The Kier molecular flexibility index (Phi) is 4.10. The lowest BCUT2D eigenvalue weighted by atomic mass is 9.72. The molecule has 2 saturated heterocycles. The summed E-state index contributed by atoms with van der Waals surface area (Å²) in [4.78, 5) is 12.8. The summed E-state index contributed by atoms with van der Waals surface area (Å²) < 4.78 is 5.17. The summed E-state index contributed by atoms with van der Waals surface area (Å²) in [6.07, 6.45) is 2.81. The monoisotopic (exact) mass is 307 g/mol. The van der Waals surface area contributed by atoms with Gasteiger partial charge in [0.2, 0.25) is 11.8 Å². The zero-order valence-electron chi connectivity index (χ0n) is 13.3. The Balaban J connectivity index is 1.70. The van der Waals surface area contributed by atoms with E-state index in [2.05, 4.69) is 26.8 Å². The van der Waals surface area contributed by atoms with Crippen LogP contribution in [0.1, 0.15) is 19.3 Å². The number of hydrogen-bond acceptors (Lipinski definition) is 7. The number of methoxy groups -OCH3 is 1. The molecule has 1 aromatic heterocycles. The van der Waals surface area contributed by atoms with Crippen molar-refractivity contribution in [3.8, 4) is 5.88 Å². The van der Waals surface area contributed by atoms with Gasteiger partial charge in [-0.2, -0.15) is 9.97 Å². The van der Waals surface area contributed by atoms with Gasteiger partial charge in [-0.3, -0.25) is 0 Å². The van der Waals surface area contributed by atoms with Crippen LogP contribution in [0.15, 0.2) is 6.07 Å². The molecule has 0 aliphatic carbocycles. The number of rotatable bonds is 2. The third-order valence-corrected chi connectivity index (χ3v) is 4.86. The van der Waals surface area contributed by atoms with E-state index in [1.165, 1.54) is 0 Å². The SMILES string of the molecule is COc1cc(N2CCC3(CC2)CC(O)CN(C)C3)nc(N)n1. The van der Waals surface area contributed by atoms with Crippen LogP contribution in [0.5, 0.6) is 5.88 Å². The molecule has 3 heterocycles. The van der Waals surface area contributed by atoms with Gasteiger partial charge >= 0.3 is 0 Å². The molecule has 0 bridgehead atoms. The summed E-state index contributed by atoms with van der Waals surface area (Å²) in [6.45, 7) is 3.68. The molecule has 3 N–H and O–H groups in total. The molecule has 7 nitrogen and oxygen atoms in total. The van der Waals surface area contributed by atoms with E-state index >= 15 is 0 Å². The van der Waals surface area contributed by atoms with Gasteiger partial charge in [0, 0.05) is 32.2 Å². The normalized spacial score (nSPS) is 25.4. The second kappa shape index (κ2) is 5.89. The summed E-state index contributed by atoms with van der Waals surface area (Å²) in [7, 11) is 3.67. The molecule has 0 aromatic carbocycles. The van der Waals surface area contributed by atoms with E-state index in [1.807, 2.05) is 6.07 Å².